The fraction of sp³-hybridized carbons (Fsp3) is 0.200. The van der Waals surface area contributed by atoms with E-state index >= 15 is 0 Å². The quantitative estimate of drug-likeness (QED) is 0.826. The van der Waals surface area contributed by atoms with E-state index < -0.39 is 11.9 Å². The molecular weight excluding hydrogens is 311 g/mol. The minimum absolute atomic E-state index is 0.137. The van der Waals surface area contributed by atoms with Crippen LogP contribution in [0.2, 0.25) is 0 Å². The molecule has 0 aliphatic carbocycles. The van der Waals surface area contributed by atoms with E-state index in [9.17, 15) is 9.59 Å². The topological polar surface area (TPSA) is 74.6 Å². The summed E-state index contributed by atoms with van der Waals surface area (Å²) in [5.41, 5.74) is 1.16. The standard InChI is InChI=1S/C10H9IO4/c11-8-3-1-2-6(4-9(12)13)7(8)5-10(14)15/h1-3H,4-5H2,(H,12,13)(H,14,15). The van der Waals surface area contributed by atoms with Gasteiger partial charge < -0.3 is 10.2 Å². The average Bonchev–Trinajstić information content (AvgIpc) is 2.09. The predicted octanol–water partition coefficient (Wildman–Crippen LogP) is 1.55. The van der Waals surface area contributed by atoms with Crippen molar-refractivity contribution in [3.05, 3.63) is 32.9 Å². The number of aliphatic carboxylic acids is 2. The predicted molar refractivity (Wildman–Crippen MR) is 61.8 cm³/mol. The summed E-state index contributed by atoms with van der Waals surface area (Å²) in [6.07, 6.45) is -0.277. The van der Waals surface area contributed by atoms with E-state index in [1.165, 1.54) is 0 Å². The Hall–Kier alpha value is -1.11. The third-order valence-corrected chi connectivity index (χ3v) is 2.90. The number of hydrogen-bond donors (Lipinski definition) is 2. The van der Waals surface area contributed by atoms with Gasteiger partial charge in [0.2, 0.25) is 0 Å². The number of benzene rings is 1. The minimum atomic E-state index is -0.955. The van der Waals surface area contributed by atoms with Crippen molar-refractivity contribution in [2.75, 3.05) is 0 Å². The molecule has 4 nitrogen and oxygen atoms in total. The van der Waals surface area contributed by atoms with Crippen LogP contribution in [0.25, 0.3) is 0 Å². The summed E-state index contributed by atoms with van der Waals surface area (Å²) in [4.78, 5) is 21.2. The Balaban J connectivity index is 3.08. The molecular formula is C10H9IO4. The second-order valence-electron chi connectivity index (χ2n) is 3.02. The molecule has 0 radical (unpaired) electrons. The van der Waals surface area contributed by atoms with Gasteiger partial charge in [-0.1, -0.05) is 12.1 Å². The number of rotatable bonds is 4. The molecule has 5 heteroatoms. The van der Waals surface area contributed by atoms with Gasteiger partial charge in [-0.05, 0) is 39.8 Å². The zero-order valence-corrected chi connectivity index (χ0v) is 9.89. The van der Waals surface area contributed by atoms with Gasteiger partial charge >= 0.3 is 11.9 Å². The lowest BCUT2D eigenvalue weighted by Gasteiger charge is -2.07. The van der Waals surface area contributed by atoms with E-state index in [-0.39, 0.29) is 12.8 Å². The first-order valence-electron chi connectivity index (χ1n) is 4.20. The number of halogens is 1. The highest BCUT2D eigenvalue weighted by molar-refractivity contribution is 14.1. The Morgan fingerprint density at radius 2 is 1.73 bits per heavy atom. The highest BCUT2D eigenvalue weighted by Crippen LogP contribution is 2.18. The maximum atomic E-state index is 10.6. The molecule has 0 unspecified atom stereocenters. The van der Waals surface area contributed by atoms with E-state index in [1.807, 2.05) is 22.6 Å². The van der Waals surface area contributed by atoms with Crippen molar-refractivity contribution in [1.82, 2.24) is 0 Å². The minimum Gasteiger partial charge on any atom is -0.481 e. The zero-order chi connectivity index (χ0) is 11.4. The monoisotopic (exact) mass is 320 g/mol. The molecule has 15 heavy (non-hydrogen) atoms. The number of hydrogen-bond acceptors (Lipinski definition) is 2. The van der Waals surface area contributed by atoms with E-state index in [1.54, 1.807) is 18.2 Å². The molecule has 80 valence electrons. The van der Waals surface area contributed by atoms with Gasteiger partial charge in [0.1, 0.15) is 0 Å². The van der Waals surface area contributed by atoms with Crippen molar-refractivity contribution in [3.63, 3.8) is 0 Å². The highest BCUT2D eigenvalue weighted by atomic mass is 127. The third kappa shape index (κ3) is 3.50. The van der Waals surface area contributed by atoms with E-state index in [4.69, 9.17) is 10.2 Å². The summed E-state index contributed by atoms with van der Waals surface area (Å²) < 4.78 is 0.786. The lowest BCUT2D eigenvalue weighted by atomic mass is 10.0. The second kappa shape index (κ2) is 5.11. The molecule has 0 heterocycles. The van der Waals surface area contributed by atoms with Gasteiger partial charge in [-0.15, -0.1) is 0 Å². The first kappa shape index (κ1) is 12.0. The summed E-state index contributed by atoms with van der Waals surface area (Å²) in [5.74, 6) is -1.91. The van der Waals surface area contributed by atoms with Crippen molar-refractivity contribution >= 4 is 34.5 Å². The molecule has 1 aromatic rings. The molecule has 0 aliphatic heterocycles. The molecule has 0 aromatic heterocycles. The molecule has 0 amide bonds. The summed E-state index contributed by atoms with van der Waals surface area (Å²) in [6.45, 7) is 0. The van der Waals surface area contributed by atoms with E-state index in [2.05, 4.69) is 0 Å². The third-order valence-electron chi connectivity index (χ3n) is 1.89. The lowest BCUT2D eigenvalue weighted by molar-refractivity contribution is -0.137. The van der Waals surface area contributed by atoms with Crippen molar-refractivity contribution < 1.29 is 19.8 Å². The normalized spacial score (nSPS) is 9.93. The van der Waals surface area contributed by atoms with E-state index in [0.717, 1.165) is 3.57 Å². The summed E-state index contributed by atoms with van der Waals surface area (Å²) in [6, 6.07) is 5.14. The van der Waals surface area contributed by atoms with Crippen LogP contribution in [0.4, 0.5) is 0 Å². The van der Waals surface area contributed by atoms with Gasteiger partial charge in [-0.3, -0.25) is 9.59 Å². The molecule has 0 atom stereocenters. The summed E-state index contributed by atoms with van der Waals surface area (Å²) in [7, 11) is 0. The van der Waals surface area contributed by atoms with Gasteiger partial charge in [0.05, 0.1) is 12.8 Å². The van der Waals surface area contributed by atoms with Crippen molar-refractivity contribution in [3.8, 4) is 0 Å². The second-order valence-corrected chi connectivity index (χ2v) is 4.18. The maximum Gasteiger partial charge on any atom is 0.307 e. The Morgan fingerprint density at radius 1 is 1.13 bits per heavy atom. The lowest BCUT2D eigenvalue weighted by Crippen LogP contribution is -2.09. The number of carboxylic acid groups (broad SMARTS) is 2. The SMILES string of the molecule is O=C(O)Cc1cccc(I)c1CC(=O)O. The smallest absolute Gasteiger partial charge is 0.307 e. The molecule has 0 saturated heterocycles. The van der Waals surface area contributed by atoms with Crippen LogP contribution in [0.1, 0.15) is 11.1 Å². The van der Waals surface area contributed by atoms with Gasteiger partial charge in [0.25, 0.3) is 0 Å². The van der Waals surface area contributed by atoms with Crippen LogP contribution in [0.5, 0.6) is 0 Å². The first-order valence-corrected chi connectivity index (χ1v) is 5.28. The van der Waals surface area contributed by atoms with E-state index in [0.29, 0.717) is 11.1 Å². The maximum absolute atomic E-state index is 10.6. The molecule has 0 bridgehead atoms. The van der Waals surface area contributed by atoms with Crippen molar-refractivity contribution in [2.45, 2.75) is 12.8 Å². The van der Waals surface area contributed by atoms with Crippen LogP contribution in [0.15, 0.2) is 18.2 Å². The molecule has 0 aliphatic rings. The fourth-order valence-electron chi connectivity index (χ4n) is 1.28. The molecule has 0 spiro atoms. The van der Waals surface area contributed by atoms with Crippen LogP contribution >= 0.6 is 22.6 Å². The fourth-order valence-corrected chi connectivity index (χ4v) is 2.03. The first-order chi connectivity index (χ1) is 7.00. The van der Waals surface area contributed by atoms with Gasteiger partial charge in [0, 0.05) is 3.57 Å². The Bertz CT molecular complexity index is 400. The summed E-state index contributed by atoms with van der Waals surface area (Å²) in [5, 5.41) is 17.4. The molecule has 2 N–H and O–H groups in total. The highest BCUT2D eigenvalue weighted by Gasteiger charge is 2.12. The molecule has 0 saturated carbocycles. The largest absolute Gasteiger partial charge is 0.481 e. The number of carbonyl (C=O) groups is 2. The Kier molecular flexibility index (Phi) is 4.07. The molecule has 0 fully saturated rings. The van der Waals surface area contributed by atoms with Gasteiger partial charge in [-0.25, -0.2) is 0 Å². The van der Waals surface area contributed by atoms with Crippen molar-refractivity contribution in [2.24, 2.45) is 0 Å². The van der Waals surface area contributed by atoms with Crippen LogP contribution in [0.3, 0.4) is 0 Å². The van der Waals surface area contributed by atoms with Crippen molar-refractivity contribution in [1.29, 1.82) is 0 Å². The van der Waals surface area contributed by atoms with Crippen LogP contribution in [-0.2, 0) is 22.4 Å². The van der Waals surface area contributed by atoms with Gasteiger partial charge in [0.15, 0.2) is 0 Å². The van der Waals surface area contributed by atoms with Crippen LogP contribution in [-0.4, -0.2) is 22.2 Å². The van der Waals surface area contributed by atoms with Crippen LogP contribution < -0.4 is 0 Å². The summed E-state index contributed by atoms with van der Waals surface area (Å²) >= 11 is 2.01. The van der Waals surface area contributed by atoms with Crippen LogP contribution in [0, 0.1) is 3.57 Å². The van der Waals surface area contributed by atoms with Gasteiger partial charge in [-0.2, -0.15) is 0 Å². The Morgan fingerprint density at radius 3 is 2.27 bits per heavy atom. The number of carboxylic acids is 2. The molecule has 1 rings (SSSR count). The molecule has 1 aromatic carbocycles. The Labute approximate surface area is 100 Å². The average molecular weight is 320 g/mol. The zero-order valence-electron chi connectivity index (χ0n) is 7.74.